The highest BCUT2D eigenvalue weighted by molar-refractivity contribution is 5.40. The number of aromatic amines is 1. The standard InChI is InChI=1S/C24H24N2O8/c1-30-16-7-3-14(4-8-16)24(15-5-9-17(31-2)10-6-15)33-20-18(13-27)32-22(21(20)34-24)26-12-11-19(28)25-23(26)29/h3-12,18,20-22,27H,13H2,1-2H3,(H,25,28,29)/t18-,20-,21-,22-/m1/s1. The summed E-state index contributed by atoms with van der Waals surface area (Å²) in [5.41, 5.74) is 0.211. The minimum absolute atomic E-state index is 0.347. The Balaban J connectivity index is 1.61. The summed E-state index contributed by atoms with van der Waals surface area (Å²) in [5.74, 6) is -0.0168. The monoisotopic (exact) mass is 468 g/mol. The fraction of sp³-hybridized carbons (Fsp3) is 0.333. The molecule has 1 aromatic heterocycles. The number of aromatic nitrogens is 2. The minimum Gasteiger partial charge on any atom is -0.497 e. The van der Waals surface area contributed by atoms with E-state index in [4.69, 9.17) is 23.7 Å². The zero-order valence-electron chi connectivity index (χ0n) is 18.5. The number of fused-ring (bicyclic) bond motifs is 1. The molecule has 2 fully saturated rings. The van der Waals surface area contributed by atoms with Crippen LogP contribution in [0.2, 0.25) is 0 Å². The summed E-state index contributed by atoms with van der Waals surface area (Å²) in [6, 6.07) is 15.7. The zero-order valence-corrected chi connectivity index (χ0v) is 18.5. The second-order valence-electron chi connectivity index (χ2n) is 8.00. The number of H-pyrrole nitrogens is 1. The molecule has 10 heteroatoms. The summed E-state index contributed by atoms with van der Waals surface area (Å²) in [6.07, 6.45) is -1.80. The van der Waals surface area contributed by atoms with Crippen LogP contribution in [0.1, 0.15) is 17.4 Å². The third kappa shape index (κ3) is 3.61. The van der Waals surface area contributed by atoms with Crippen LogP contribution >= 0.6 is 0 Å². The molecule has 5 rings (SSSR count). The van der Waals surface area contributed by atoms with Crippen molar-refractivity contribution in [1.82, 2.24) is 9.55 Å². The SMILES string of the molecule is COc1ccc(C2(c3ccc(OC)cc3)O[C@@H]3[C@H](O2)[C@@H](CO)O[C@H]3n2ccc(=O)[nH]c2=O)cc1. The van der Waals surface area contributed by atoms with Gasteiger partial charge in [-0.3, -0.25) is 14.3 Å². The molecular formula is C24H24N2O8. The van der Waals surface area contributed by atoms with E-state index in [0.29, 0.717) is 22.6 Å². The molecule has 3 heterocycles. The Morgan fingerprint density at radius 1 is 0.912 bits per heavy atom. The van der Waals surface area contributed by atoms with E-state index in [1.165, 1.54) is 16.8 Å². The van der Waals surface area contributed by atoms with Gasteiger partial charge in [-0.1, -0.05) is 0 Å². The van der Waals surface area contributed by atoms with Crippen LogP contribution in [0.15, 0.2) is 70.4 Å². The Hall–Kier alpha value is -3.44. The molecule has 0 saturated carbocycles. The highest BCUT2D eigenvalue weighted by atomic mass is 16.8. The van der Waals surface area contributed by atoms with Crippen LogP contribution in [0.5, 0.6) is 11.5 Å². The van der Waals surface area contributed by atoms with Crippen LogP contribution in [0.4, 0.5) is 0 Å². The maximum Gasteiger partial charge on any atom is 0.330 e. The van der Waals surface area contributed by atoms with Gasteiger partial charge >= 0.3 is 5.69 Å². The Labute approximate surface area is 194 Å². The molecule has 2 aliphatic rings. The normalized spacial score (nSPS) is 25.1. The quantitative estimate of drug-likeness (QED) is 0.552. The molecule has 2 N–H and O–H groups in total. The molecule has 0 amide bonds. The molecule has 178 valence electrons. The highest BCUT2D eigenvalue weighted by Gasteiger charge is 2.60. The molecule has 0 aliphatic carbocycles. The predicted octanol–water partition coefficient (Wildman–Crippen LogP) is 1.13. The van der Waals surface area contributed by atoms with Gasteiger partial charge in [-0.15, -0.1) is 0 Å². The summed E-state index contributed by atoms with van der Waals surface area (Å²) in [4.78, 5) is 26.3. The van der Waals surface area contributed by atoms with Crippen LogP contribution in [0.3, 0.4) is 0 Å². The van der Waals surface area contributed by atoms with Crippen molar-refractivity contribution in [3.63, 3.8) is 0 Å². The molecule has 0 unspecified atom stereocenters. The predicted molar refractivity (Wildman–Crippen MR) is 119 cm³/mol. The first-order valence-corrected chi connectivity index (χ1v) is 10.7. The van der Waals surface area contributed by atoms with Crippen molar-refractivity contribution in [2.75, 3.05) is 20.8 Å². The lowest BCUT2D eigenvalue weighted by atomic mass is 9.97. The van der Waals surface area contributed by atoms with Crippen LogP contribution < -0.4 is 20.7 Å². The second-order valence-corrected chi connectivity index (χ2v) is 8.00. The van der Waals surface area contributed by atoms with Gasteiger partial charge in [0.15, 0.2) is 6.23 Å². The van der Waals surface area contributed by atoms with Crippen LogP contribution in [-0.2, 0) is 20.0 Å². The van der Waals surface area contributed by atoms with Crippen molar-refractivity contribution in [2.24, 2.45) is 0 Å². The Morgan fingerprint density at radius 2 is 1.47 bits per heavy atom. The molecule has 10 nitrogen and oxygen atoms in total. The van der Waals surface area contributed by atoms with Crippen molar-refractivity contribution in [3.05, 3.63) is 92.8 Å². The van der Waals surface area contributed by atoms with Crippen LogP contribution in [-0.4, -0.2) is 53.8 Å². The van der Waals surface area contributed by atoms with Crippen molar-refractivity contribution >= 4 is 0 Å². The van der Waals surface area contributed by atoms with Gasteiger partial charge in [0.05, 0.1) is 20.8 Å². The van der Waals surface area contributed by atoms with Crippen molar-refractivity contribution in [1.29, 1.82) is 0 Å². The smallest absolute Gasteiger partial charge is 0.330 e. The fourth-order valence-corrected chi connectivity index (χ4v) is 4.45. The van der Waals surface area contributed by atoms with Crippen LogP contribution in [0, 0.1) is 0 Å². The van der Waals surface area contributed by atoms with E-state index in [0.717, 1.165) is 0 Å². The molecule has 3 aromatic rings. The van der Waals surface area contributed by atoms with Gasteiger partial charge in [-0.25, -0.2) is 4.79 Å². The van der Waals surface area contributed by atoms with Crippen molar-refractivity contribution in [3.8, 4) is 11.5 Å². The summed E-state index contributed by atoms with van der Waals surface area (Å²) < 4.78 is 30.9. The second kappa shape index (κ2) is 8.73. The van der Waals surface area contributed by atoms with Gasteiger partial charge in [-0.2, -0.15) is 0 Å². The van der Waals surface area contributed by atoms with E-state index in [1.807, 2.05) is 24.3 Å². The Bertz CT molecular complexity index is 1220. The van der Waals surface area contributed by atoms with Crippen molar-refractivity contribution in [2.45, 2.75) is 30.3 Å². The number of methoxy groups -OCH3 is 2. The van der Waals surface area contributed by atoms with Gasteiger partial charge in [0.2, 0.25) is 5.79 Å². The average molecular weight is 468 g/mol. The molecule has 4 atom stereocenters. The molecule has 2 aliphatic heterocycles. The lowest BCUT2D eigenvalue weighted by molar-refractivity contribution is -0.204. The lowest BCUT2D eigenvalue weighted by Gasteiger charge is -2.32. The fourth-order valence-electron chi connectivity index (χ4n) is 4.45. The molecule has 2 aromatic carbocycles. The number of rotatable bonds is 6. The van der Waals surface area contributed by atoms with Gasteiger partial charge in [-0.05, 0) is 48.5 Å². The number of benzene rings is 2. The van der Waals surface area contributed by atoms with Gasteiger partial charge in [0.1, 0.15) is 29.8 Å². The number of nitrogens with one attached hydrogen (secondary N) is 1. The van der Waals surface area contributed by atoms with Crippen molar-refractivity contribution < 1.29 is 28.8 Å². The van der Waals surface area contributed by atoms with E-state index in [2.05, 4.69) is 4.98 Å². The number of nitrogens with zero attached hydrogens (tertiary/aromatic N) is 1. The first kappa shape index (κ1) is 22.4. The highest BCUT2D eigenvalue weighted by Crippen LogP contribution is 2.50. The number of aliphatic hydroxyl groups is 1. The maximum atomic E-state index is 12.5. The number of hydrogen-bond donors (Lipinski definition) is 2. The Morgan fingerprint density at radius 3 is 1.97 bits per heavy atom. The number of aliphatic hydroxyl groups excluding tert-OH is 1. The largest absolute Gasteiger partial charge is 0.497 e. The summed E-state index contributed by atoms with van der Waals surface area (Å²) in [7, 11) is 3.16. The van der Waals surface area contributed by atoms with Gasteiger partial charge in [0, 0.05) is 23.4 Å². The lowest BCUT2D eigenvalue weighted by Crippen LogP contribution is -2.38. The number of ether oxygens (including phenoxy) is 5. The average Bonchev–Trinajstić information content (AvgIpc) is 3.41. The van der Waals surface area contributed by atoms with Gasteiger partial charge in [0.25, 0.3) is 5.56 Å². The maximum absolute atomic E-state index is 12.5. The molecule has 0 bridgehead atoms. The topological polar surface area (TPSA) is 121 Å². The van der Waals surface area contributed by atoms with Crippen LogP contribution in [0.25, 0.3) is 0 Å². The third-order valence-corrected chi connectivity index (χ3v) is 6.13. The molecule has 34 heavy (non-hydrogen) atoms. The summed E-state index contributed by atoms with van der Waals surface area (Å²) >= 11 is 0. The molecule has 0 spiro atoms. The number of hydrogen-bond acceptors (Lipinski definition) is 8. The van der Waals surface area contributed by atoms with E-state index in [-0.39, 0.29) is 6.61 Å². The molecule has 0 radical (unpaired) electrons. The molecule has 2 saturated heterocycles. The van der Waals surface area contributed by atoms with E-state index in [1.54, 1.807) is 38.5 Å². The van der Waals surface area contributed by atoms with E-state index < -0.39 is 41.6 Å². The molecular weight excluding hydrogens is 444 g/mol. The Kier molecular flexibility index (Phi) is 5.74. The zero-order chi connectivity index (χ0) is 23.9. The van der Waals surface area contributed by atoms with Gasteiger partial charge < -0.3 is 28.8 Å². The third-order valence-electron chi connectivity index (χ3n) is 6.13. The summed E-state index contributed by atoms with van der Waals surface area (Å²) in [6.45, 7) is -0.347. The summed E-state index contributed by atoms with van der Waals surface area (Å²) in [5, 5.41) is 10.0. The van der Waals surface area contributed by atoms with E-state index in [9.17, 15) is 14.7 Å². The first-order valence-electron chi connectivity index (χ1n) is 10.7. The first-order chi connectivity index (χ1) is 16.5. The minimum atomic E-state index is -1.35. The van der Waals surface area contributed by atoms with E-state index >= 15 is 0 Å².